The van der Waals surface area contributed by atoms with Gasteiger partial charge in [0.05, 0.1) is 6.04 Å². The molecule has 90 valence electrons. The zero-order valence-electron chi connectivity index (χ0n) is 9.63. The maximum atomic E-state index is 11.6. The number of hydrogen-bond acceptors (Lipinski definition) is 3. The van der Waals surface area contributed by atoms with E-state index in [4.69, 9.17) is 0 Å². The SMILES string of the molecule is CSC(C)(C)CNC(=O)[C@@H]1CCCN1.Cl. The molecule has 5 heteroatoms. The Labute approximate surface area is 103 Å². The van der Waals surface area contributed by atoms with E-state index in [0.717, 1.165) is 25.9 Å². The summed E-state index contributed by atoms with van der Waals surface area (Å²) in [6.45, 7) is 6.00. The zero-order valence-corrected chi connectivity index (χ0v) is 11.3. The van der Waals surface area contributed by atoms with E-state index in [-0.39, 0.29) is 29.1 Å². The lowest BCUT2D eigenvalue weighted by molar-refractivity contribution is -0.122. The van der Waals surface area contributed by atoms with Crippen molar-refractivity contribution in [2.75, 3.05) is 19.3 Å². The van der Waals surface area contributed by atoms with Crippen molar-refractivity contribution in [3.63, 3.8) is 0 Å². The van der Waals surface area contributed by atoms with Gasteiger partial charge in [0.1, 0.15) is 0 Å². The molecule has 0 radical (unpaired) electrons. The fourth-order valence-electron chi connectivity index (χ4n) is 1.40. The predicted molar refractivity (Wildman–Crippen MR) is 68.9 cm³/mol. The second-order valence-electron chi connectivity index (χ2n) is 4.33. The van der Waals surface area contributed by atoms with Gasteiger partial charge in [0, 0.05) is 11.3 Å². The van der Waals surface area contributed by atoms with Crippen LogP contribution in [0.25, 0.3) is 0 Å². The molecule has 1 aliphatic heterocycles. The summed E-state index contributed by atoms with van der Waals surface area (Å²) < 4.78 is 0.133. The summed E-state index contributed by atoms with van der Waals surface area (Å²) in [7, 11) is 0. The number of halogens is 1. The van der Waals surface area contributed by atoms with Gasteiger partial charge >= 0.3 is 0 Å². The quantitative estimate of drug-likeness (QED) is 0.795. The first-order chi connectivity index (χ1) is 6.55. The van der Waals surface area contributed by atoms with Crippen molar-refractivity contribution in [1.82, 2.24) is 10.6 Å². The van der Waals surface area contributed by atoms with Crippen molar-refractivity contribution in [2.45, 2.75) is 37.5 Å². The monoisotopic (exact) mass is 252 g/mol. The minimum atomic E-state index is 0. The molecular formula is C10H21ClN2OS. The number of nitrogens with one attached hydrogen (secondary N) is 2. The molecule has 3 nitrogen and oxygen atoms in total. The van der Waals surface area contributed by atoms with Gasteiger partial charge in [0.25, 0.3) is 0 Å². The average Bonchev–Trinajstić information content (AvgIpc) is 2.67. The Hall–Kier alpha value is 0.0700. The third-order valence-corrected chi connectivity index (χ3v) is 3.87. The number of hydrogen-bond donors (Lipinski definition) is 2. The Balaban J connectivity index is 0.00000196. The number of rotatable bonds is 4. The van der Waals surface area contributed by atoms with Crippen LogP contribution < -0.4 is 10.6 Å². The molecule has 1 fully saturated rings. The third kappa shape index (κ3) is 5.09. The van der Waals surface area contributed by atoms with Gasteiger partial charge in [-0.15, -0.1) is 12.4 Å². The molecule has 1 amide bonds. The molecule has 0 unspecified atom stereocenters. The van der Waals surface area contributed by atoms with E-state index in [1.54, 1.807) is 11.8 Å². The Bertz CT molecular complexity index is 206. The maximum Gasteiger partial charge on any atom is 0.237 e. The van der Waals surface area contributed by atoms with Gasteiger partial charge in [0.2, 0.25) is 5.91 Å². The van der Waals surface area contributed by atoms with Gasteiger partial charge in [-0.25, -0.2) is 0 Å². The Morgan fingerprint density at radius 2 is 2.27 bits per heavy atom. The van der Waals surface area contributed by atoms with Crippen molar-refractivity contribution in [3.05, 3.63) is 0 Å². The van der Waals surface area contributed by atoms with Gasteiger partial charge in [-0.1, -0.05) is 0 Å². The Morgan fingerprint density at radius 1 is 1.60 bits per heavy atom. The smallest absolute Gasteiger partial charge is 0.237 e. The lowest BCUT2D eigenvalue weighted by Crippen LogP contribution is -2.44. The lowest BCUT2D eigenvalue weighted by Gasteiger charge is -2.23. The summed E-state index contributed by atoms with van der Waals surface area (Å²) >= 11 is 1.78. The molecule has 1 heterocycles. The van der Waals surface area contributed by atoms with E-state index < -0.39 is 0 Å². The second-order valence-corrected chi connectivity index (χ2v) is 5.84. The summed E-state index contributed by atoms with van der Waals surface area (Å²) in [4.78, 5) is 11.6. The highest BCUT2D eigenvalue weighted by atomic mass is 35.5. The van der Waals surface area contributed by atoms with E-state index in [0.29, 0.717) is 0 Å². The summed E-state index contributed by atoms with van der Waals surface area (Å²) in [5, 5.41) is 6.19. The highest BCUT2D eigenvalue weighted by Crippen LogP contribution is 2.19. The average molecular weight is 253 g/mol. The summed E-state index contributed by atoms with van der Waals surface area (Å²) in [5.41, 5.74) is 0. The van der Waals surface area contributed by atoms with E-state index in [1.165, 1.54) is 0 Å². The molecule has 1 aliphatic rings. The minimum absolute atomic E-state index is 0. The normalized spacial score (nSPS) is 20.9. The third-order valence-electron chi connectivity index (χ3n) is 2.62. The number of amides is 1. The van der Waals surface area contributed by atoms with Crippen LogP contribution in [0.3, 0.4) is 0 Å². The van der Waals surface area contributed by atoms with Crippen LogP contribution in [0.5, 0.6) is 0 Å². The van der Waals surface area contributed by atoms with Crippen LogP contribution in [0.1, 0.15) is 26.7 Å². The van der Waals surface area contributed by atoms with Crippen molar-refractivity contribution in [2.24, 2.45) is 0 Å². The van der Waals surface area contributed by atoms with E-state index >= 15 is 0 Å². The van der Waals surface area contributed by atoms with Crippen molar-refractivity contribution < 1.29 is 4.79 Å². The first-order valence-electron chi connectivity index (χ1n) is 5.11. The highest BCUT2D eigenvalue weighted by molar-refractivity contribution is 7.99. The van der Waals surface area contributed by atoms with Crippen LogP contribution in [0.2, 0.25) is 0 Å². The molecule has 15 heavy (non-hydrogen) atoms. The van der Waals surface area contributed by atoms with Gasteiger partial charge in [-0.2, -0.15) is 11.8 Å². The van der Waals surface area contributed by atoms with Crippen LogP contribution in [-0.2, 0) is 4.79 Å². The molecule has 0 bridgehead atoms. The molecular weight excluding hydrogens is 232 g/mol. The van der Waals surface area contributed by atoms with Gasteiger partial charge < -0.3 is 10.6 Å². The Morgan fingerprint density at radius 3 is 2.73 bits per heavy atom. The van der Waals surface area contributed by atoms with Gasteiger partial charge in [-0.05, 0) is 39.5 Å². The molecule has 0 aromatic rings. The molecule has 0 spiro atoms. The summed E-state index contributed by atoms with van der Waals surface area (Å²) in [6.07, 6.45) is 4.16. The summed E-state index contributed by atoms with van der Waals surface area (Å²) in [6, 6.07) is 0.0488. The number of thioether (sulfide) groups is 1. The molecule has 1 rings (SSSR count). The predicted octanol–water partition coefficient (Wildman–Crippen LogP) is 1.42. The zero-order chi connectivity index (χ0) is 10.6. The van der Waals surface area contributed by atoms with Crippen molar-refractivity contribution in [1.29, 1.82) is 0 Å². The molecule has 0 aromatic carbocycles. The van der Waals surface area contributed by atoms with Crippen LogP contribution in [0, 0.1) is 0 Å². The largest absolute Gasteiger partial charge is 0.353 e. The topological polar surface area (TPSA) is 41.1 Å². The molecule has 0 saturated carbocycles. The molecule has 0 aromatic heterocycles. The van der Waals surface area contributed by atoms with Gasteiger partial charge in [0.15, 0.2) is 0 Å². The molecule has 2 N–H and O–H groups in total. The fraction of sp³-hybridized carbons (Fsp3) is 0.900. The van der Waals surface area contributed by atoms with Gasteiger partial charge in [-0.3, -0.25) is 4.79 Å². The molecule has 0 aliphatic carbocycles. The van der Waals surface area contributed by atoms with Crippen LogP contribution >= 0.6 is 24.2 Å². The number of carbonyl (C=O) groups is 1. The van der Waals surface area contributed by atoms with E-state index in [2.05, 4.69) is 30.7 Å². The summed E-state index contributed by atoms with van der Waals surface area (Å²) in [5.74, 6) is 0.157. The lowest BCUT2D eigenvalue weighted by atomic mass is 10.2. The first-order valence-corrected chi connectivity index (χ1v) is 6.34. The van der Waals surface area contributed by atoms with E-state index in [1.807, 2.05) is 0 Å². The van der Waals surface area contributed by atoms with Crippen molar-refractivity contribution >= 4 is 30.1 Å². The standard InChI is InChI=1S/C10H20N2OS.ClH/c1-10(2,14-3)7-12-9(13)8-5-4-6-11-8;/h8,11H,4-7H2,1-3H3,(H,12,13);1H/t8-;/m0./s1. The molecule has 1 atom stereocenters. The van der Waals surface area contributed by atoms with Crippen molar-refractivity contribution in [3.8, 4) is 0 Å². The minimum Gasteiger partial charge on any atom is -0.353 e. The van der Waals surface area contributed by atoms with E-state index in [9.17, 15) is 4.79 Å². The van der Waals surface area contributed by atoms with Crippen LogP contribution in [0.15, 0.2) is 0 Å². The number of carbonyl (C=O) groups excluding carboxylic acids is 1. The fourth-order valence-corrected chi connectivity index (χ4v) is 1.62. The molecule has 1 saturated heterocycles. The first kappa shape index (κ1) is 15.1. The van der Waals surface area contributed by atoms with Crippen LogP contribution in [0.4, 0.5) is 0 Å². The van der Waals surface area contributed by atoms with Crippen LogP contribution in [-0.4, -0.2) is 36.0 Å². The Kier molecular flexibility index (Phi) is 6.64. The highest BCUT2D eigenvalue weighted by Gasteiger charge is 2.24. The second kappa shape index (κ2) is 6.61. The maximum absolute atomic E-state index is 11.6.